The number of ether oxygens (including phenoxy) is 6. The van der Waals surface area contributed by atoms with Gasteiger partial charge in [0.15, 0.2) is 17.5 Å². The van der Waals surface area contributed by atoms with Crippen LogP contribution in [0.1, 0.15) is 79.8 Å². The zero-order valence-corrected chi connectivity index (χ0v) is 35.3. The molecule has 1 heterocycles. The highest BCUT2D eigenvalue weighted by atomic mass is 16.6. The molecular weight excluding hydrogens is 787 g/mol. The Labute approximate surface area is 354 Å². The molecule has 61 heavy (non-hydrogen) atoms. The number of hydrogen-bond acceptors (Lipinski definition) is 13. The maximum atomic E-state index is 15.7. The maximum Gasteiger partial charge on any atom is 0.338 e. The highest BCUT2D eigenvalue weighted by molar-refractivity contribution is 5.95. The number of benzene rings is 3. The minimum absolute atomic E-state index is 0.0992. The topological polar surface area (TPSA) is 193 Å². The molecule has 2 saturated carbocycles. The van der Waals surface area contributed by atoms with E-state index in [0.29, 0.717) is 11.1 Å². The third-order valence-electron chi connectivity index (χ3n) is 13.7. The van der Waals surface area contributed by atoms with Crippen molar-refractivity contribution in [1.82, 2.24) is 5.32 Å². The summed E-state index contributed by atoms with van der Waals surface area (Å²) in [7, 11) is 2.80. The van der Waals surface area contributed by atoms with E-state index in [2.05, 4.69) is 5.32 Å². The average molecular weight is 840 g/mol. The third kappa shape index (κ3) is 7.17. The molecule has 4 aliphatic rings. The standard InChI is InChI=1S/C47H53NO13/c1-26-31(59-43(54)36(50)35(48-27(2)49)28-17-11-8-12-18-28)24-47(55)40(60-41(52)29-19-13-9-14-20-29)38-45(5,39(51)37(57-7)34(26)44(47,3)4)32(56-6)23-33-46(38,25-58-33)61-42(53)30-21-15-10-16-22-30/h8-22,31-33,35-38,40,50,55H,23-25H2,1-7H3,(H,48,49)/t31-,32-,33+,35-,36+,37+,38-,40-,45+,46-,47+/m0/s1. The second kappa shape index (κ2) is 16.6. The number of hydrogen-bond donors (Lipinski definition) is 3. The van der Waals surface area contributed by atoms with E-state index in [0.717, 1.165) is 0 Å². The number of carbonyl (C=O) groups is 5. The normalized spacial score (nSPS) is 32.3. The number of methoxy groups -OCH3 is 2. The van der Waals surface area contributed by atoms with Gasteiger partial charge in [-0.3, -0.25) is 9.59 Å². The predicted octanol–water partition coefficient (Wildman–Crippen LogP) is 4.47. The fourth-order valence-electron chi connectivity index (χ4n) is 10.4. The molecule has 1 amide bonds. The number of aliphatic hydroxyl groups is 2. The molecule has 14 nitrogen and oxygen atoms in total. The Hall–Kier alpha value is -5.25. The van der Waals surface area contributed by atoms with Crippen molar-refractivity contribution in [1.29, 1.82) is 0 Å². The van der Waals surface area contributed by atoms with Crippen LogP contribution in [0.25, 0.3) is 0 Å². The number of rotatable bonds is 11. The smallest absolute Gasteiger partial charge is 0.338 e. The second-order valence-corrected chi connectivity index (χ2v) is 17.2. The molecule has 1 aliphatic heterocycles. The summed E-state index contributed by atoms with van der Waals surface area (Å²) in [6.07, 6.45) is -8.43. The first kappa shape index (κ1) is 43.8. The first-order valence-corrected chi connectivity index (χ1v) is 20.4. The Bertz CT molecular complexity index is 2190. The zero-order chi connectivity index (χ0) is 44.1. The van der Waals surface area contributed by atoms with Crippen LogP contribution < -0.4 is 5.32 Å². The van der Waals surface area contributed by atoms with Crippen molar-refractivity contribution in [2.24, 2.45) is 16.7 Å². The summed E-state index contributed by atoms with van der Waals surface area (Å²) in [5.41, 5.74) is -5.65. The molecule has 3 N–H and O–H groups in total. The molecule has 11 atom stereocenters. The van der Waals surface area contributed by atoms with Crippen LogP contribution in [0, 0.1) is 16.7 Å². The number of fused-ring (bicyclic) bond motifs is 5. The fourth-order valence-corrected chi connectivity index (χ4v) is 10.4. The lowest BCUT2D eigenvalue weighted by molar-refractivity contribution is -0.343. The highest BCUT2D eigenvalue weighted by Gasteiger charge is 2.78. The highest BCUT2D eigenvalue weighted by Crippen LogP contribution is 2.65. The Morgan fingerprint density at radius 3 is 1.93 bits per heavy atom. The Kier molecular flexibility index (Phi) is 11.9. The van der Waals surface area contributed by atoms with Crippen LogP contribution in [-0.2, 0) is 42.8 Å². The van der Waals surface area contributed by atoms with Crippen molar-refractivity contribution < 1.29 is 62.6 Å². The molecule has 0 radical (unpaired) electrons. The van der Waals surface area contributed by atoms with Crippen LogP contribution in [-0.4, -0.2) is 108 Å². The minimum atomic E-state index is -2.23. The maximum absolute atomic E-state index is 15.7. The van der Waals surface area contributed by atoms with Crippen molar-refractivity contribution in [3.05, 3.63) is 119 Å². The molecule has 0 unspecified atom stereocenters. The molecule has 3 aromatic carbocycles. The lowest BCUT2D eigenvalue weighted by Crippen LogP contribution is -2.82. The summed E-state index contributed by atoms with van der Waals surface area (Å²) in [5, 5.41) is 28.0. The Morgan fingerprint density at radius 1 is 0.836 bits per heavy atom. The molecule has 3 fully saturated rings. The number of aliphatic hydroxyl groups excluding tert-OH is 1. The van der Waals surface area contributed by atoms with Crippen LogP contribution in [0.3, 0.4) is 0 Å². The number of carbonyl (C=O) groups excluding carboxylic acids is 5. The molecule has 0 aromatic heterocycles. The molecule has 3 aromatic rings. The minimum Gasteiger partial charge on any atom is -0.456 e. The van der Waals surface area contributed by atoms with E-state index in [1.165, 1.54) is 21.1 Å². The summed E-state index contributed by atoms with van der Waals surface area (Å²) in [4.78, 5) is 70.7. The van der Waals surface area contributed by atoms with Gasteiger partial charge in [0.2, 0.25) is 5.91 Å². The average Bonchev–Trinajstić information content (AvgIpc) is 3.24. The summed E-state index contributed by atoms with van der Waals surface area (Å²) >= 11 is 0. The van der Waals surface area contributed by atoms with E-state index in [4.69, 9.17) is 28.4 Å². The summed E-state index contributed by atoms with van der Waals surface area (Å²) in [5.74, 6) is -5.07. The summed E-state index contributed by atoms with van der Waals surface area (Å²) in [6, 6.07) is 23.6. The number of esters is 3. The number of amides is 1. The molecule has 324 valence electrons. The van der Waals surface area contributed by atoms with Gasteiger partial charge in [0.25, 0.3) is 0 Å². The molecular formula is C47H53NO13. The van der Waals surface area contributed by atoms with Gasteiger partial charge in [0, 0.05) is 39.4 Å². The molecule has 1 saturated heterocycles. The van der Waals surface area contributed by atoms with Crippen LogP contribution >= 0.6 is 0 Å². The molecule has 14 heteroatoms. The van der Waals surface area contributed by atoms with E-state index in [9.17, 15) is 29.4 Å². The SMILES string of the molecule is CO[C@H]1C(=O)[C@]2(C)[C@@H](OC)C[C@H]3OC[C@@]3(OC(=O)c3ccccc3)[C@H]2[C@H](OC(=O)c2ccccc2)[C@]2(O)C[C@H](OC(=O)[C@H](O)[C@@H](NC(C)=O)c3ccccc3)C(C)=C1C2(C)C. The molecule has 0 spiro atoms. The van der Waals surface area contributed by atoms with Gasteiger partial charge in [-0.1, -0.05) is 80.6 Å². The van der Waals surface area contributed by atoms with Crippen molar-refractivity contribution in [3.63, 3.8) is 0 Å². The van der Waals surface area contributed by atoms with Crippen LogP contribution in [0.5, 0.6) is 0 Å². The first-order valence-electron chi connectivity index (χ1n) is 20.4. The van der Waals surface area contributed by atoms with Gasteiger partial charge in [-0.2, -0.15) is 0 Å². The second-order valence-electron chi connectivity index (χ2n) is 17.2. The largest absolute Gasteiger partial charge is 0.456 e. The molecule has 7 rings (SSSR count). The van der Waals surface area contributed by atoms with Gasteiger partial charge < -0.3 is 44.0 Å². The van der Waals surface area contributed by atoms with Crippen molar-refractivity contribution in [2.45, 2.75) is 101 Å². The lowest BCUT2D eigenvalue weighted by atomic mass is 9.44. The summed E-state index contributed by atoms with van der Waals surface area (Å²) < 4.78 is 37.6. The van der Waals surface area contributed by atoms with Gasteiger partial charge >= 0.3 is 17.9 Å². The van der Waals surface area contributed by atoms with Crippen molar-refractivity contribution in [2.75, 3.05) is 20.8 Å². The molecule has 3 aliphatic carbocycles. The van der Waals surface area contributed by atoms with Gasteiger partial charge in [0.05, 0.1) is 41.2 Å². The zero-order valence-electron chi connectivity index (χ0n) is 35.3. The van der Waals surface area contributed by atoms with Crippen LogP contribution in [0.15, 0.2) is 102 Å². The van der Waals surface area contributed by atoms with Gasteiger partial charge in [-0.25, -0.2) is 14.4 Å². The van der Waals surface area contributed by atoms with E-state index >= 15 is 4.79 Å². The van der Waals surface area contributed by atoms with Crippen molar-refractivity contribution >= 4 is 29.6 Å². The van der Waals surface area contributed by atoms with Gasteiger partial charge in [-0.15, -0.1) is 0 Å². The van der Waals surface area contributed by atoms with Crippen molar-refractivity contribution in [3.8, 4) is 0 Å². The van der Waals surface area contributed by atoms with Crippen LogP contribution in [0.4, 0.5) is 0 Å². The number of Topliss-reactive ketones (excluding diaryl/α,β-unsaturated/α-hetero) is 1. The Morgan fingerprint density at radius 2 is 1.41 bits per heavy atom. The van der Waals surface area contributed by atoms with Gasteiger partial charge in [-0.05, 0) is 54.8 Å². The lowest BCUT2D eigenvalue weighted by Gasteiger charge is -2.68. The van der Waals surface area contributed by atoms with E-state index < -0.39 is 107 Å². The molecule has 2 bridgehead atoms. The summed E-state index contributed by atoms with van der Waals surface area (Å²) in [6.45, 7) is 7.74. The quantitative estimate of drug-likeness (QED) is 0.139. The van der Waals surface area contributed by atoms with E-state index in [1.807, 2.05) is 0 Å². The Balaban J connectivity index is 1.42. The van der Waals surface area contributed by atoms with E-state index in [1.54, 1.807) is 119 Å². The predicted molar refractivity (Wildman–Crippen MR) is 218 cm³/mol. The fraction of sp³-hybridized carbons (Fsp3) is 0.468. The van der Waals surface area contributed by atoms with Gasteiger partial charge in [0.1, 0.15) is 30.0 Å². The van der Waals surface area contributed by atoms with Crippen LogP contribution in [0.2, 0.25) is 0 Å². The monoisotopic (exact) mass is 839 g/mol. The first-order chi connectivity index (χ1) is 29.0. The number of nitrogens with one attached hydrogen (secondary N) is 1. The number of ketones is 1. The third-order valence-corrected chi connectivity index (χ3v) is 13.7. The van der Waals surface area contributed by atoms with E-state index in [-0.39, 0.29) is 29.7 Å².